The van der Waals surface area contributed by atoms with Crippen LogP contribution < -0.4 is 11.1 Å². The number of carbonyl (C=O) groups is 1. The van der Waals surface area contributed by atoms with Gasteiger partial charge < -0.3 is 16.2 Å². The Bertz CT molecular complexity index is 416. The Hall–Kier alpha value is -1.56. The van der Waals surface area contributed by atoms with Gasteiger partial charge in [0.05, 0.1) is 18.0 Å². The van der Waals surface area contributed by atoms with E-state index >= 15 is 0 Å². The Labute approximate surface area is 113 Å². The zero-order chi connectivity index (χ0) is 14.5. The van der Waals surface area contributed by atoms with Crippen molar-refractivity contribution in [3.8, 4) is 0 Å². The van der Waals surface area contributed by atoms with Crippen molar-refractivity contribution >= 4 is 11.6 Å². The number of amides is 1. The number of aryl methyl sites for hydroxylation is 1. The second-order valence-electron chi connectivity index (χ2n) is 4.87. The van der Waals surface area contributed by atoms with Crippen LogP contribution in [0.3, 0.4) is 0 Å². The van der Waals surface area contributed by atoms with Gasteiger partial charge in [0.1, 0.15) is 0 Å². The quantitative estimate of drug-likeness (QED) is 0.594. The van der Waals surface area contributed by atoms with Gasteiger partial charge in [-0.05, 0) is 19.3 Å². The van der Waals surface area contributed by atoms with E-state index < -0.39 is 0 Å². The molecule has 1 heterocycles. The van der Waals surface area contributed by atoms with Gasteiger partial charge >= 0.3 is 0 Å². The molecule has 0 aromatic carbocycles. The van der Waals surface area contributed by atoms with Crippen LogP contribution in [0.15, 0.2) is 0 Å². The number of nitrogens with one attached hydrogen (secondary N) is 2. The van der Waals surface area contributed by atoms with Crippen molar-refractivity contribution in [3.05, 3.63) is 11.4 Å². The molecule has 0 aliphatic rings. The van der Waals surface area contributed by atoms with E-state index in [0.29, 0.717) is 18.7 Å². The fourth-order valence-electron chi connectivity index (χ4n) is 1.96. The molecule has 0 aliphatic carbocycles. The van der Waals surface area contributed by atoms with Crippen molar-refractivity contribution in [2.75, 3.05) is 18.9 Å². The van der Waals surface area contributed by atoms with Crippen molar-refractivity contribution in [2.45, 2.75) is 40.0 Å². The maximum Gasteiger partial charge on any atom is 0.273 e. The van der Waals surface area contributed by atoms with Crippen molar-refractivity contribution in [1.82, 2.24) is 15.5 Å². The largest absolute Gasteiger partial charge is 0.396 e. The first-order valence-corrected chi connectivity index (χ1v) is 6.75. The summed E-state index contributed by atoms with van der Waals surface area (Å²) in [7, 11) is 0. The molecule has 19 heavy (non-hydrogen) atoms. The van der Waals surface area contributed by atoms with Crippen molar-refractivity contribution in [1.29, 1.82) is 0 Å². The molecule has 1 rings (SSSR count). The maximum absolute atomic E-state index is 12.0. The number of aliphatic hydroxyl groups excluding tert-OH is 1. The van der Waals surface area contributed by atoms with Gasteiger partial charge in [-0.25, -0.2) is 0 Å². The highest BCUT2D eigenvalue weighted by molar-refractivity contribution is 5.97. The van der Waals surface area contributed by atoms with Crippen LogP contribution in [0.5, 0.6) is 0 Å². The lowest BCUT2D eigenvalue weighted by molar-refractivity contribution is 0.0847. The Kier molecular flexibility index (Phi) is 5.35. The molecular weight excluding hydrogens is 244 g/mol. The van der Waals surface area contributed by atoms with Gasteiger partial charge in [0.15, 0.2) is 5.69 Å². The van der Waals surface area contributed by atoms with Crippen molar-refractivity contribution in [3.63, 3.8) is 0 Å². The fraction of sp³-hybridized carbons (Fsp3) is 0.692. The number of carbonyl (C=O) groups excluding carboxylic acids is 1. The van der Waals surface area contributed by atoms with Crippen LogP contribution in [0.1, 0.15) is 49.8 Å². The van der Waals surface area contributed by atoms with Crippen LogP contribution in [-0.4, -0.2) is 34.4 Å². The van der Waals surface area contributed by atoms with Crippen molar-refractivity contribution in [2.24, 2.45) is 5.41 Å². The lowest BCUT2D eigenvalue weighted by Crippen LogP contribution is -2.39. The Balaban J connectivity index is 2.72. The second kappa shape index (κ2) is 6.56. The Morgan fingerprint density at radius 3 is 2.47 bits per heavy atom. The van der Waals surface area contributed by atoms with E-state index in [9.17, 15) is 9.90 Å². The van der Waals surface area contributed by atoms with E-state index in [1.54, 1.807) is 0 Å². The number of H-pyrrole nitrogens is 1. The SMILES string of the molecule is CCc1[nH]nc(C(=O)NCC(CC)(CC)CO)c1N. The molecular formula is C13H24N4O2. The summed E-state index contributed by atoms with van der Waals surface area (Å²) in [4.78, 5) is 12.0. The predicted octanol–water partition coefficient (Wildman–Crippen LogP) is 1.08. The number of aliphatic hydroxyl groups is 1. The van der Waals surface area contributed by atoms with Crippen LogP contribution in [0.4, 0.5) is 5.69 Å². The van der Waals surface area contributed by atoms with Gasteiger partial charge in [0.2, 0.25) is 0 Å². The van der Waals surface area contributed by atoms with Gasteiger partial charge in [0, 0.05) is 12.0 Å². The molecule has 0 bridgehead atoms. The Morgan fingerprint density at radius 1 is 1.42 bits per heavy atom. The number of aromatic nitrogens is 2. The molecule has 0 saturated heterocycles. The summed E-state index contributed by atoms with van der Waals surface area (Å²) in [5.74, 6) is -0.298. The van der Waals surface area contributed by atoms with E-state index in [-0.39, 0.29) is 23.6 Å². The van der Waals surface area contributed by atoms with Crippen LogP contribution in [0.2, 0.25) is 0 Å². The zero-order valence-electron chi connectivity index (χ0n) is 11.9. The number of rotatable bonds is 7. The van der Waals surface area contributed by atoms with Gasteiger partial charge in [-0.15, -0.1) is 0 Å². The minimum Gasteiger partial charge on any atom is -0.396 e. The predicted molar refractivity (Wildman–Crippen MR) is 74.8 cm³/mol. The molecule has 6 heteroatoms. The van der Waals surface area contributed by atoms with E-state index in [1.165, 1.54) is 0 Å². The number of aromatic amines is 1. The molecule has 108 valence electrons. The van der Waals surface area contributed by atoms with Crippen LogP contribution in [0, 0.1) is 5.41 Å². The molecule has 5 N–H and O–H groups in total. The first kappa shape index (κ1) is 15.5. The van der Waals surface area contributed by atoms with E-state index in [4.69, 9.17) is 5.73 Å². The van der Waals surface area contributed by atoms with Crippen molar-refractivity contribution < 1.29 is 9.90 Å². The highest BCUT2D eigenvalue weighted by Gasteiger charge is 2.27. The lowest BCUT2D eigenvalue weighted by atomic mass is 9.83. The number of hydrogen-bond donors (Lipinski definition) is 4. The summed E-state index contributed by atoms with van der Waals surface area (Å²) in [5, 5.41) is 19.0. The number of hydrogen-bond acceptors (Lipinski definition) is 4. The monoisotopic (exact) mass is 268 g/mol. The van der Waals surface area contributed by atoms with E-state index in [1.807, 2.05) is 20.8 Å². The topological polar surface area (TPSA) is 104 Å². The number of nitrogens with zero attached hydrogens (tertiary/aromatic N) is 1. The Morgan fingerprint density at radius 2 is 2.05 bits per heavy atom. The summed E-state index contributed by atoms with van der Waals surface area (Å²) in [5.41, 5.74) is 6.98. The standard InChI is InChI=1S/C13H24N4O2/c1-4-9-10(14)11(17-16-9)12(19)15-7-13(5-2,6-3)8-18/h18H,4-8,14H2,1-3H3,(H,15,19)(H,16,17). The minimum atomic E-state index is -0.298. The molecule has 1 amide bonds. The van der Waals surface area contributed by atoms with Gasteiger partial charge in [-0.1, -0.05) is 20.8 Å². The lowest BCUT2D eigenvalue weighted by Gasteiger charge is -2.29. The fourth-order valence-corrected chi connectivity index (χ4v) is 1.96. The molecule has 0 saturated carbocycles. The smallest absolute Gasteiger partial charge is 0.273 e. The second-order valence-corrected chi connectivity index (χ2v) is 4.87. The molecule has 0 aliphatic heterocycles. The molecule has 6 nitrogen and oxygen atoms in total. The first-order valence-electron chi connectivity index (χ1n) is 6.75. The summed E-state index contributed by atoms with van der Waals surface area (Å²) in [6, 6.07) is 0. The van der Waals surface area contributed by atoms with Gasteiger partial charge in [0.25, 0.3) is 5.91 Å². The molecule has 1 aromatic rings. The summed E-state index contributed by atoms with van der Waals surface area (Å²) in [6.45, 7) is 6.42. The minimum absolute atomic E-state index is 0.0521. The van der Waals surface area contributed by atoms with E-state index in [0.717, 1.165) is 18.5 Å². The van der Waals surface area contributed by atoms with Gasteiger partial charge in [-0.2, -0.15) is 5.10 Å². The van der Waals surface area contributed by atoms with Gasteiger partial charge in [-0.3, -0.25) is 9.89 Å². The normalized spacial score (nSPS) is 11.6. The third kappa shape index (κ3) is 3.26. The average molecular weight is 268 g/mol. The molecule has 0 atom stereocenters. The molecule has 0 unspecified atom stereocenters. The molecule has 1 aromatic heterocycles. The highest BCUT2D eigenvalue weighted by atomic mass is 16.3. The van der Waals surface area contributed by atoms with Crippen LogP contribution in [-0.2, 0) is 6.42 Å². The summed E-state index contributed by atoms with van der Waals surface area (Å²) in [6.07, 6.45) is 2.31. The molecule has 0 spiro atoms. The average Bonchev–Trinajstić information content (AvgIpc) is 2.81. The molecule has 0 fully saturated rings. The van der Waals surface area contributed by atoms with E-state index in [2.05, 4.69) is 15.5 Å². The number of nitrogen functional groups attached to an aromatic ring is 1. The first-order chi connectivity index (χ1) is 9.03. The highest BCUT2D eigenvalue weighted by Crippen LogP contribution is 2.24. The van der Waals surface area contributed by atoms with Crippen LogP contribution >= 0.6 is 0 Å². The molecule has 0 radical (unpaired) electrons. The zero-order valence-corrected chi connectivity index (χ0v) is 11.9. The summed E-state index contributed by atoms with van der Waals surface area (Å²) < 4.78 is 0. The third-order valence-corrected chi connectivity index (χ3v) is 3.91. The van der Waals surface area contributed by atoms with Crippen LogP contribution in [0.25, 0.3) is 0 Å². The summed E-state index contributed by atoms with van der Waals surface area (Å²) >= 11 is 0. The maximum atomic E-state index is 12.0. The number of anilines is 1. The number of nitrogens with two attached hydrogens (primary N) is 1. The third-order valence-electron chi connectivity index (χ3n) is 3.91.